The van der Waals surface area contributed by atoms with Crippen molar-refractivity contribution in [3.8, 4) is 0 Å². The molecule has 1 aliphatic rings. The van der Waals surface area contributed by atoms with Crippen LogP contribution in [-0.4, -0.2) is 25.8 Å². The standard InChI is InChI=1S/C17H22N2O2S2/c1-14-8-11-22-17(14)13-18-12-15-4-6-16(7-5-15)23(20,21)19-9-2-3-10-19/h4-8,11,18H,2-3,9-10,12-13H2,1H3. The maximum atomic E-state index is 12.5. The number of thiophene rings is 1. The third-order valence-corrected chi connectivity index (χ3v) is 7.14. The predicted octanol–water partition coefficient (Wildman–Crippen LogP) is 3.13. The van der Waals surface area contributed by atoms with Gasteiger partial charge in [0.1, 0.15) is 0 Å². The molecule has 4 nitrogen and oxygen atoms in total. The minimum atomic E-state index is -3.30. The molecule has 1 fully saturated rings. The van der Waals surface area contributed by atoms with Crippen molar-refractivity contribution in [2.24, 2.45) is 0 Å². The molecule has 2 heterocycles. The molecule has 2 aromatic rings. The Morgan fingerprint density at radius 1 is 1.09 bits per heavy atom. The van der Waals surface area contributed by atoms with Gasteiger partial charge in [0.15, 0.2) is 0 Å². The van der Waals surface area contributed by atoms with Gasteiger partial charge in [-0.3, -0.25) is 0 Å². The van der Waals surface area contributed by atoms with Crippen LogP contribution in [0, 0.1) is 6.92 Å². The Kier molecular flexibility index (Phi) is 5.16. The Balaban J connectivity index is 1.60. The fraction of sp³-hybridized carbons (Fsp3) is 0.412. The molecule has 0 unspecified atom stereocenters. The highest BCUT2D eigenvalue weighted by Crippen LogP contribution is 2.21. The summed E-state index contributed by atoms with van der Waals surface area (Å²) in [5.74, 6) is 0. The van der Waals surface area contributed by atoms with E-state index in [1.54, 1.807) is 27.8 Å². The van der Waals surface area contributed by atoms with Crippen molar-refractivity contribution >= 4 is 21.4 Å². The Morgan fingerprint density at radius 2 is 1.78 bits per heavy atom. The molecule has 1 aromatic heterocycles. The molecule has 0 saturated carbocycles. The second-order valence-corrected chi connectivity index (χ2v) is 8.82. The van der Waals surface area contributed by atoms with E-state index in [4.69, 9.17) is 0 Å². The molecule has 1 N–H and O–H groups in total. The van der Waals surface area contributed by atoms with Gasteiger partial charge in [0.2, 0.25) is 10.0 Å². The molecule has 3 rings (SSSR count). The first-order valence-electron chi connectivity index (χ1n) is 7.90. The van der Waals surface area contributed by atoms with Crippen molar-refractivity contribution in [1.29, 1.82) is 0 Å². The number of nitrogens with one attached hydrogen (secondary N) is 1. The van der Waals surface area contributed by atoms with Crippen LogP contribution in [0.2, 0.25) is 0 Å². The summed E-state index contributed by atoms with van der Waals surface area (Å²) in [6.45, 7) is 4.99. The Labute approximate surface area is 142 Å². The van der Waals surface area contributed by atoms with E-state index < -0.39 is 10.0 Å². The monoisotopic (exact) mass is 350 g/mol. The van der Waals surface area contributed by atoms with Crippen molar-refractivity contribution in [1.82, 2.24) is 9.62 Å². The molecule has 0 bridgehead atoms. The van der Waals surface area contributed by atoms with E-state index in [1.165, 1.54) is 10.4 Å². The molecule has 0 amide bonds. The summed E-state index contributed by atoms with van der Waals surface area (Å²) in [5.41, 5.74) is 2.41. The van der Waals surface area contributed by atoms with E-state index in [9.17, 15) is 8.42 Å². The molecule has 0 spiro atoms. The number of hydrogen-bond acceptors (Lipinski definition) is 4. The molecular weight excluding hydrogens is 328 g/mol. The molecule has 124 valence electrons. The molecule has 1 saturated heterocycles. The Hall–Kier alpha value is -1.21. The van der Waals surface area contributed by atoms with Gasteiger partial charge in [0.25, 0.3) is 0 Å². The van der Waals surface area contributed by atoms with Gasteiger partial charge < -0.3 is 5.32 Å². The first kappa shape index (κ1) is 16.6. The van der Waals surface area contributed by atoms with E-state index in [-0.39, 0.29) is 0 Å². The minimum absolute atomic E-state index is 0.400. The van der Waals surface area contributed by atoms with Gasteiger partial charge in [0.05, 0.1) is 4.90 Å². The minimum Gasteiger partial charge on any atom is -0.308 e. The SMILES string of the molecule is Cc1ccsc1CNCc1ccc(S(=O)(=O)N2CCCC2)cc1. The zero-order valence-electron chi connectivity index (χ0n) is 13.3. The van der Waals surface area contributed by atoms with Crippen LogP contribution in [0.25, 0.3) is 0 Å². The first-order valence-corrected chi connectivity index (χ1v) is 10.2. The number of aryl methyl sites for hydroxylation is 1. The summed E-state index contributed by atoms with van der Waals surface area (Å²) >= 11 is 1.76. The highest BCUT2D eigenvalue weighted by atomic mass is 32.2. The van der Waals surface area contributed by atoms with E-state index in [0.717, 1.165) is 31.5 Å². The van der Waals surface area contributed by atoms with E-state index in [1.807, 2.05) is 12.1 Å². The Bertz CT molecular complexity index is 745. The van der Waals surface area contributed by atoms with E-state index >= 15 is 0 Å². The van der Waals surface area contributed by atoms with Crippen LogP contribution in [0.5, 0.6) is 0 Å². The molecule has 0 radical (unpaired) electrons. The molecule has 6 heteroatoms. The fourth-order valence-electron chi connectivity index (χ4n) is 2.76. The topological polar surface area (TPSA) is 49.4 Å². The number of sulfonamides is 1. The average molecular weight is 351 g/mol. The normalized spacial score (nSPS) is 16.0. The van der Waals surface area contributed by atoms with Crippen molar-refractivity contribution in [2.45, 2.75) is 37.8 Å². The quantitative estimate of drug-likeness (QED) is 0.871. The number of hydrogen-bond donors (Lipinski definition) is 1. The maximum Gasteiger partial charge on any atom is 0.243 e. The van der Waals surface area contributed by atoms with Crippen LogP contribution >= 0.6 is 11.3 Å². The summed E-state index contributed by atoms with van der Waals surface area (Å²) in [5, 5.41) is 5.51. The van der Waals surface area contributed by atoms with Crippen LogP contribution in [0.4, 0.5) is 0 Å². The predicted molar refractivity (Wildman–Crippen MR) is 94.0 cm³/mol. The maximum absolute atomic E-state index is 12.5. The number of benzene rings is 1. The first-order chi connectivity index (χ1) is 11.1. The van der Waals surface area contributed by atoms with Gasteiger partial charge in [-0.25, -0.2) is 8.42 Å². The zero-order chi connectivity index (χ0) is 16.3. The smallest absolute Gasteiger partial charge is 0.243 e. The van der Waals surface area contributed by atoms with Crippen molar-refractivity contribution in [2.75, 3.05) is 13.1 Å². The van der Waals surface area contributed by atoms with Gasteiger partial charge in [-0.15, -0.1) is 11.3 Å². The molecule has 0 aliphatic carbocycles. The summed E-state index contributed by atoms with van der Waals surface area (Å²) in [4.78, 5) is 1.75. The molecule has 23 heavy (non-hydrogen) atoms. The molecular formula is C17H22N2O2S2. The van der Waals surface area contributed by atoms with Crippen LogP contribution in [0.3, 0.4) is 0 Å². The average Bonchev–Trinajstić information content (AvgIpc) is 3.20. The van der Waals surface area contributed by atoms with Crippen molar-refractivity contribution in [3.63, 3.8) is 0 Å². The van der Waals surface area contributed by atoms with Crippen LogP contribution in [0.15, 0.2) is 40.6 Å². The van der Waals surface area contributed by atoms with Gasteiger partial charge in [-0.05, 0) is 54.5 Å². The van der Waals surface area contributed by atoms with E-state index in [2.05, 4.69) is 23.7 Å². The molecule has 0 atom stereocenters. The third-order valence-electron chi connectivity index (χ3n) is 4.21. The van der Waals surface area contributed by atoms with E-state index in [0.29, 0.717) is 18.0 Å². The van der Waals surface area contributed by atoms with Gasteiger partial charge in [-0.1, -0.05) is 12.1 Å². The molecule has 1 aromatic carbocycles. The Morgan fingerprint density at radius 3 is 2.39 bits per heavy atom. The highest BCUT2D eigenvalue weighted by molar-refractivity contribution is 7.89. The zero-order valence-corrected chi connectivity index (χ0v) is 14.9. The number of nitrogens with zero attached hydrogens (tertiary/aromatic N) is 1. The van der Waals surface area contributed by atoms with Crippen LogP contribution in [0.1, 0.15) is 28.8 Å². The summed E-state index contributed by atoms with van der Waals surface area (Å²) in [6.07, 6.45) is 1.92. The van der Waals surface area contributed by atoms with Gasteiger partial charge in [0, 0.05) is 31.1 Å². The lowest BCUT2D eigenvalue weighted by atomic mass is 10.2. The van der Waals surface area contributed by atoms with Gasteiger partial charge >= 0.3 is 0 Å². The summed E-state index contributed by atoms with van der Waals surface area (Å²) in [6, 6.07) is 9.37. The lowest BCUT2D eigenvalue weighted by Crippen LogP contribution is -2.27. The second-order valence-electron chi connectivity index (χ2n) is 5.89. The van der Waals surface area contributed by atoms with Crippen molar-refractivity contribution in [3.05, 3.63) is 51.7 Å². The largest absolute Gasteiger partial charge is 0.308 e. The van der Waals surface area contributed by atoms with Crippen molar-refractivity contribution < 1.29 is 8.42 Å². The highest BCUT2D eigenvalue weighted by Gasteiger charge is 2.26. The van der Waals surface area contributed by atoms with Crippen LogP contribution < -0.4 is 5.32 Å². The lowest BCUT2D eigenvalue weighted by molar-refractivity contribution is 0.477. The summed E-state index contributed by atoms with van der Waals surface area (Å²) < 4.78 is 26.5. The molecule has 1 aliphatic heterocycles. The van der Waals surface area contributed by atoms with Gasteiger partial charge in [-0.2, -0.15) is 4.31 Å². The lowest BCUT2D eigenvalue weighted by Gasteiger charge is -2.15. The third kappa shape index (κ3) is 3.83. The summed E-state index contributed by atoms with van der Waals surface area (Å²) in [7, 11) is -3.30. The fourth-order valence-corrected chi connectivity index (χ4v) is 5.16. The van der Waals surface area contributed by atoms with Crippen LogP contribution in [-0.2, 0) is 23.1 Å². The second kappa shape index (κ2) is 7.13. The number of rotatable bonds is 6.